The molecule has 2 aromatic rings. The molecule has 15 heteroatoms. The van der Waals surface area contributed by atoms with E-state index in [1.807, 2.05) is 0 Å². The highest BCUT2D eigenvalue weighted by Crippen LogP contribution is 2.43. The fourth-order valence-electron chi connectivity index (χ4n) is 5.09. The van der Waals surface area contributed by atoms with Crippen LogP contribution in [-0.4, -0.2) is 93.2 Å². The summed E-state index contributed by atoms with van der Waals surface area (Å²) in [5, 5.41) is 19.0. The first kappa shape index (κ1) is 30.4. The van der Waals surface area contributed by atoms with Crippen LogP contribution in [0.3, 0.4) is 0 Å². The molecule has 42 heavy (non-hydrogen) atoms. The molecule has 0 spiro atoms. The van der Waals surface area contributed by atoms with Crippen molar-refractivity contribution in [2.45, 2.75) is 50.5 Å². The van der Waals surface area contributed by atoms with Crippen LogP contribution in [-0.2, 0) is 19.1 Å². The third-order valence-electron chi connectivity index (χ3n) is 7.49. The predicted molar refractivity (Wildman–Crippen MR) is 140 cm³/mol. The van der Waals surface area contributed by atoms with E-state index < -0.39 is 70.7 Å². The molecule has 2 aliphatic rings. The average molecular weight is 593 g/mol. The van der Waals surface area contributed by atoms with Crippen LogP contribution in [0.2, 0.25) is 0 Å². The van der Waals surface area contributed by atoms with Crippen LogP contribution in [0.5, 0.6) is 5.75 Å². The van der Waals surface area contributed by atoms with E-state index in [1.165, 1.54) is 9.80 Å². The number of primary amides is 1. The monoisotopic (exact) mass is 592 g/mol. The maximum absolute atomic E-state index is 14.4. The van der Waals surface area contributed by atoms with Gasteiger partial charge in [-0.3, -0.25) is 19.4 Å². The quantitative estimate of drug-likeness (QED) is 0.369. The fourth-order valence-corrected chi connectivity index (χ4v) is 5.09. The molecule has 1 atom stereocenters. The number of halogens is 2. The summed E-state index contributed by atoms with van der Waals surface area (Å²) in [4.78, 5) is 69.5. The Hall–Kier alpha value is -4.56. The van der Waals surface area contributed by atoms with Crippen LogP contribution >= 0.6 is 0 Å². The minimum atomic E-state index is -1.79. The number of pyridine rings is 1. The Morgan fingerprint density at radius 3 is 2.19 bits per heavy atom. The Kier molecular flexibility index (Phi) is 8.78. The summed E-state index contributed by atoms with van der Waals surface area (Å²) in [6.45, 7) is 2.14. The highest BCUT2D eigenvalue weighted by atomic mass is 19.2. The third kappa shape index (κ3) is 5.90. The molecular weight excluding hydrogens is 562 g/mol. The van der Waals surface area contributed by atoms with E-state index in [9.17, 15) is 43.0 Å². The number of carboxylic acids is 2. The molecule has 1 aromatic carbocycles. The number of rotatable bonds is 10. The maximum Gasteiger partial charge on any atom is 0.409 e. The van der Waals surface area contributed by atoms with Gasteiger partial charge in [-0.25, -0.2) is 18.4 Å². The van der Waals surface area contributed by atoms with Crippen molar-refractivity contribution in [2.24, 2.45) is 5.73 Å². The van der Waals surface area contributed by atoms with Crippen LogP contribution in [0.1, 0.15) is 61.0 Å². The van der Waals surface area contributed by atoms with Gasteiger partial charge < -0.3 is 35.2 Å². The van der Waals surface area contributed by atoms with Crippen molar-refractivity contribution in [1.29, 1.82) is 0 Å². The lowest BCUT2D eigenvalue weighted by atomic mass is 9.80. The smallest absolute Gasteiger partial charge is 0.409 e. The second-order valence-electron chi connectivity index (χ2n) is 10.1. The first-order chi connectivity index (χ1) is 19.9. The number of carboxylic acid groups (broad SMARTS) is 2. The van der Waals surface area contributed by atoms with Crippen LogP contribution in [0.15, 0.2) is 12.1 Å². The Balaban J connectivity index is 1.84. The maximum atomic E-state index is 14.4. The van der Waals surface area contributed by atoms with E-state index in [0.717, 1.165) is 0 Å². The number of piperazine rings is 1. The molecule has 4 N–H and O–H groups in total. The van der Waals surface area contributed by atoms with Gasteiger partial charge in [-0.05, 0) is 38.7 Å². The van der Waals surface area contributed by atoms with E-state index in [0.29, 0.717) is 18.6 Å². The second kappa shape index (κ2) is 12.1. The van der Waals surface area contributed by atoms with Gasteiger partial charge >= 0.3 is 18.0 Å². The van der Waals surface area contributed by atoms with Crippen molar-refractivity contribution in [3.05, 3.63) is 35.0 Å². The molecule has 226 valence electrons. The molecule has 4 rings (SSSR count). The van der Waals surface area contributed by atoms with E-state index in [4.69, 9.17) is 15.2 Å². The van der Waals surface area contributed by atoms with Crippen molar-refractivity contribution in [3.63, 3.8) is 0 Å². The number of hydrogen-bond acceptors (Lipinski definition) is 8. The van der Waals surface area contributed by atoms with Crippen LogP contribution in [0.4, 0.5) is 13.6 Å². The molecule has 1 unspecified atom stereocenters. The Morgan fingerprint density at radius 2 is 1.67 bits per heavy atom. The number of nitrogens with two attached hydrogens (primary N) is 1. The van der Waals surface area contributed by atoms with E-state index in [1.54, 1.807) is 6.92 Å². The number of carbonyl (C=O) groups is 5. The lowest BCUT2D eigenvalue weighted by Crippen LogP contribution is -2.52. The highest BCUT2D eigenvalue weighted by molar-refractivity contribution is 6.05. The van der Waals surface area contributed by atoms with Gasteiger partial charge in [-0.15, -0.1) is 0 Å². The number of aromatic nitrogens is 1. The summed E-state index contributed by atoms with van der Waals surface area (Å²) >= 11 is 0. The zero-order valence-corrected chi connectivity index (χ0v) is 22.7. The number of ether oxygens (including phenoxy) is 2. The number of fused-ring (bicyclic) bond motifs is 1. The van der Waals surface area contributed by atoms with Gasteiger partial charge in [0.2, 0.25) is 11.5 Å². The van der Waals surface area contributed by atoms with E-state index in [-0.39, 0.29) is 68.6 Å². The summed E-state index contributed by atoms with van der Waals surface area (Å²) < 4.78 is 39.6. The van der Waals surface area contributed by atoms with E-state index in [2.05, 4.69) is 4.98 Å². The molecule has 2 heterocycles. The molecule has 1 saturated heterocycles. The summed E-state index contributed by atoms with van der Waals surface area (Å²) in [6.07, 6.45) is -0.874. The molecule has 0 bridgehead atoms. The van der Waals surface area contributed by atoms with Crippen molar-refractivity contribution >= 4 is 40.7 Å². The number of nitrogens with zero attached hydrogens (tertiary/aromatic N) is 3. The lowest BCUT2D eigenvalue weighted by molar-refractivity contribution is -0.163. The summed E-state index contributed by atoms with van der Waals surface area (Å²) in [6, 6.07) is 1.40. The number of carbonyl (C=O) groups excluding carboxylic acids is 3. The van der Waals surface area contributed by atoms with Gasteiger partial charge in [0, 0.05) is 44.1 Å². The number of aliphatic carboxylic acids is 2. The zero-order chi connectivity index (χ0) is 30.8. The number of hydrogen-bond donors (Lipinski definition) is 3. The Morgan fingerprint density at radius 1 is 1.05 bits per heavy atom. The van der Waals surface area contributed by atoms with Gasteiger partial charge in [0.25, 0.3) is 5.91 Å². The normalized spacial score (nSPS) is 16.8. The van der Waals surface area contributed by atoms with Gasteiger partial charge in [0.05, 0.1) is 23.7 Å². The molecule has 1 aliphatic heterocycles. The minimum Gasteiger partial charge on any atom is -0.481 e. The molecule has 1 aromatic heterocycles. The Bertz CT molecular complexity index is 1440. The van der Waals surface area contributed by atoms with Gasteiger partial charge in [0.15, 0.2) is 11.6 Å². The second-order valence-corrected chi connectivity index (χ2v) is 10.1. The first-order valence-electron chi connectivity index (χ1n) is 13.4. The zero-order valence-electron chi connectivity index (χ0n) is 22.7. The summed E-state index contributed by atoms with van der Waals surface area (Å²) in [5.74, 6) is -8.99. The molecule has 0 radical (unpaired) electrons. The predicted octanol–water partition coefficient (Wildman–Crippen LogP) is 2.25. The molecule has 3 amide bonds. The van der Waals surface area contributed by atoms with Gasteiger partial charge in [0.1, 0.15) is 11.3 Å². The fraction of sp³-hybridized carbons (Fsp3) is 0.481. The summed E-state index contributed by atoms with van der Waals surface area (Å²) in [5.41, 5.74) is 2.78. The highest BCUT2D eigenvalue weighted by Gasteiger charge is 2.48. The standard InChI is InChI=1S/C27H30F2N4O9/c1-2-41-26(40)33-10-8-32(9-11-33)24(37)14(4-5-19(34)35)21-20(23(30)36)22(42-27(25(38)39)6-3-7-27)15-12-16(28)17(29)13-18(15)31-21/h12-14H,2-11H2,1H3,(H2,30,36)(H,34,35)(H,38,39). The van der Waals surface area contributed by atoms with Crippen molar-refractivity contribution in [3.8, 4) is 5.75 Å². The molecular formula is C27H30F2N4O9. The van der Waals surface area contributed by atoms with Crippen molar-refractivity contribution in [1.82, 2.24) is 14.8 Å². The molecule has 13 nitrogen and oxygen atoms in total. The topological polar surface area (TPSA) is 190 Å². The largest absolute Gasteiger partial charge is 0.481 e. The third-order valence-corrected chi connectivity index (χ3v) is 7.49. The van der Waals surface area contributed by atoms with Crippen molar-refractivity contribution < 1.29 is 52.4 Å². The van der Waals surface area contributed by atoms with E-state index >= 15 is 0 Å². The molecule has 2 fully saturated rings. The van der Waals surface area contributed by atoms with Crippen LogP contribution in [0, 0.1) is 11.6 Å². The van der Waals surface area contributed by atoms with Crippen molar-refractivity contribution in [2.75, 3.05) is 32.8 Å². The molecule has 1 aliphatic carbocycles. The number of amides is 3. The van der Waals surface area contributed by atoms with Crippen LogP contribution in [0.25, 0.3) is 10.9 Å². The van der Waals surface area contributed by atoms with Crippen LogP contribution < -0.4 is 10.5 Å². The van der Waals surface area contributed by atoms with Gasteiger partial charge in [-0.1, -0.05) is 0 Å². The van der Waals surface area contributed by atoms with Gasteiger partial charge in [-0.2, -0.15) is 0 Å². The average Bonchev–Trinajstić information content (AvgIpc) is 2.91. The summed E-state index contributed by atoms with van der Waals surface area (Å²) in [7, 11) is 0. The first-order valence-corrected chi connectivity index (χ1v) is 13.4. The lowest BCUT2D eigenvalue weighted by Gasteiger charge is -2.39. The SMILES string of the molecule is CCOC(=O)N1CCN(C(=O)C(CCC(=O)O)c2nc3cc(F)c(F)cc3c(OC3(C(=O)O)CCC3)c2C(N)=O)CC1. The number of benzene rings is 1. The molecule has 1 saturated carbocycles. The minimum absolute atomic E-state index is 0.0476. The Labute approximate surface area is 238 Å².